The van der Waals surface area contributed by atoms with Crippen molar-refractivity contribution in [3.63, 3.8) is 0 Å². The van der Waals surface area contributed by atoms with Crippen molar-refractivity contribution < 1.29 is 14.6 Å². The van der Waals surface area contributed by atoms with Crippen molar-refractivity contribution >= 4 is 5.97 Å². The predicted molar refractivity (Wildman–Crippen MR) is 53.8 cm³/mol. The summed E-state index contributed by atoms with van der Waals surface area (Å²) in [6.45, 7) is 7.64. The maximum Gasteiger partial charge on any atom is 0.312 e. The second-order valence-electron chi connectivity index (χ2n) is 5.15. The molecule has 0 spiro atoms. The van der Waals surface area contributed by atoms with Crippen molar-refractivity contribution in [2.45, 2.75) is 46.1 Å². The highest BCUT2D eigenvalue weighted by Gasteiger charge is 2.47. The Bertz CT molecular complexity index is 233. The van der Waals surface area contributed by atoms with Crippen molar-refractivity contribution in [2.75, 3.05) is 6.61 Å². The summed E-state index contributed by atoms with van der Waals surface area (Å²) in [4.78, 5) is 11.7. The fourth-order valence-electron chi connectivity index (χ4n) is 1.70. The van der Waals surface area contributed by atoms with E-state index in [-0.39, 0.29) is 18.5 Å². The maximum atomic E-state index is 11.7. The number of carbonyl (C=O) groups excluding carboxylic acids is 1. The first-order valence-electron chi connectivity index (χ1n) is 5.18. The van der Waals surface area contributed by atoms with E-state index in [2.05, 4.69) is 0 Å². The molecular weight excluding hydrogens is 180 g/mol. The summed E-state index contributed by atoms with van der Waals surface area (Å²) in [6, 6.07) is 0. The summed E-state index contributed by atoms with van der Waals surface area (Å²) in [5, 5.41) is 9.32. The van der Waals surface area contributed by atoms with Crippen LogP contribution in [0.25, 0.3) is 0 Å². The number of aliphatic hydroxyl groups excluding tert-OH is 1. The predicted octanol–water partition coefficient (Wildman–Crippen LogP) is 1.74. The van der Waals surface area contributed by atoms with Gasteiger partial charge in [-0.15, -0.1) is 0 Å². The standard InChI is InChI=1S/C11H20O3/c1-8(2)11(7-12)6-5-10(3,4)9(13)14-11/h8,12H,5-7H2,1-4H3/t11-/m1/s1. The summed E-state index contributed by atoms with van der Waals surface area (Å²) in [6.07, 6.45) is 1.53. The lowest BCUT2D eigenvalue weighted by Crippen LogP contribution is -2.51. The fraction of sp³-hybridized carbons (Fsp3) is 0.909. The van der Waals surface area contributed by atoms with Gasteiger partial charge in [-0.25, -0.2) is 0 Å². The molecule has 1 fully saturated rings. The van der Waals surface area contributed by atoms with Crippen LogP contribution in [0.3, 0.4) is 0 Å². The third kappa shape index (κ3) is 1.78. The van der Waals surface area contributed by atoms with Crippen LogP contribution < -0.4 is 0 Å². The zero-order chi connectivity index (χ0) is 11.0. The second-order valence-corrected chi connectivity index (χ2v) is 5.15. The van der Waals surface area contributed by atoms with E-state index in [9.17, 15) is 9.90 Å². The molecule has 0 saturated carbocycles. The number of hydrogen-bond acceptors (Lipinski definition) is 3. The smallest absolute Gasteiger partial charge is 0.312 e. The summed E-state index contributed by atoms with van der Waals surface area (Å²) in [7, 11) is 0. The molecule has 1 heterocycles. The molecule has 3 nitrogen and oxygen atoms in total. The first-order chi connectivity index (χ1) is 6.34. The molecule has 0 amide bonds. The number of aliphatic hydroxyl groups is 1. The Labute approximate surface area is 85.5 Å². The monoisotopic (exact) mass is 200 g/mol. The Balaban J connectivity index is 2.83. The fourth-order valence-corrected chi connectivity index (χ4v) is 1.70. The van der Waals surface area contributed by atoms with E-state index in [4.69, 9.17) is 4.74 Å². The highest BCUT2D eigenvalue weighted by Crippen LogP contribution is 2.40. The van der Waals surface area contributed by atoms with Gasteiger partial charge in [-0.1, -0.05) is 13.8 Å². The van der Waals surface area contributed by atoms with Crippen molar-refractivity contribution in [1.29, 1.82) is 0 Å². The van der Waals surface area contributed by atoms with E-state index < -0.39 is 11.0 Å². The molecular formula is C11H20O3. The van der Waals surface area contributed by atoms with Gasteiger partial charge < -0.3 is 9.84 Å². The molecule has 0 aromatic rings. The quantitative estimate of drug-likeness (QED) is 0.691. The molecule has 1 N–H and O–H groups in total. The highest BCUT2D eigenvalue weighted by molar-refractivity contribution is 5.77. The van der Waals surface area contributed by atoms with E-state index in [0.29, 0.717) is 0 Å². The minimum absolute atomic E-state index is 0.0769. The first kappa shape index (κ1) is 11.5. The highest BCUT2D eigenvalue weighted by atomic mass is 16.6. The molecule has 0 aliphatic carbocycles. The number of carbonyl (C=O) groups is 1. The molecule has 3 heteroatoms. The van der Waals surface area contributed by atoms with Crippen LogP contribution in [0, 0.1) is 11.3 Å². The van der Waals surface area contributed by atoms with Crippen LogP contribution in [0.1, 0.15) is 40.5 Å². The van der Waals surface area contributed by atoms with E-state index in [1.165, 1.54) is 0 Å². The van der Waals surface area contributed by atoms with Gasteiger partial charge in [0, 0.05) is 0 Å². The van der Waals surface area contributed by atoms with Gasteiger partial charge in [0.05, 0.1) is 12.0 Å². The van der Waals surface area contributed by atoms with Crippen LogP contribution in [0.4, 0.5) is 0 Å². The van der Waals surface area contributed by atoms with Gasteiger partial charge in [0.25, 0.3) is 0 Å². The number of cyclic esters (lactones) is 1. The number of ether oxygens (including phenoxy) is 1. The Morgan fingerprint density at radius 2 is 2.00 bits per heavy atom. The van der Waals surface area contributed by atoms with Gasteiger partial charge in [-0.2, -0.15) is 0 Å². The minimum atomic E-state index is -0.646. The lowest BCUT2D eigenvalue weighted by atomic mass is 9.76. The van der Waals surface area contributed by atoms with Crippen molar-refractivity contribution in [2.24, 2.45) is 11.3 Å². The van der Waals surface area contributed by atoms with E-state index in [1.807, 2.05) is 27.7 Å². The number of esters is 1. The third-order valence-electron chi connectivity index (χ3n) is 3.34. The largest absolute Gasteiger partial charge is 0.456 e. The molecule has 14 heavy (non-hydrogen) atoms. The van der Waals surface area contributed by atoms with Crippen molar-refractivity contribution in [1.82, 2.24) is 0 Å². The first-order valence-corrected chi connectivity index (χ1v) is 5.18. The molecule has 1 rings (SSSR count). The van der Waals surface area contributed by atoms with Crippen LogP contribution in [0.5, 0.6) is 0 Å². The van der Waals surface area contributed by atoms with Crippen LogP contribution in [0.15, 0.2) is 0 Å². The van der Waals surface area contributed by atoms with Crippen LogP contribution in [0.2, 0.25) is 0 Å². The molecule has 0 unspecified atom stereocenters. The summed E-state index contributed by atoms with van der Waals surface area (Å²) >= 11 is 0. The average Bonchev–Trinajstić information content (AvgIpc) is 2.10. The van der Waals surface area contributed by atoms with Gasteiger partial charge in [0.2, 0.25) is 0 Å². The zero-order valence-electron chi connectivity index (χ0n) is 9.46. The molecule has 1 aliphatic heterocycles. The molecule has 0 bridgehead atoms. The SMILES string of the molecule is CC(C)[C@]1(CO)CCC(C)(C)C(=O)O1. The molecule has 0 radical (unpaired) electrons. The molecule has 1 aliphatic rings. The Hall–Kier alpha value is -0.570. The van der Waals surface area contributed by atoms with Gasteiger partial charge >= 0.3 is 5.97 Å². The normalized spacial score (nSPS) is 31.7. The Morgan fingerprint density at radius 3 is 2.36 bits per heavy atom. The summed E-state index contributed by atoms with van der Waals surface area (Å²) in [5.41, 5.74) is -1.04. The molecule has 82 valence electrons. The Morgan fingerprint density at radius 1 is 1.43 bits per heavy atom. The van der Waals surface area contributed by atoms with Gasteiger partial charge in [0.1, 0.15) is 5.60 Å². The van der Waals surface area contributed by atoms with Crippen molar-refractivity contribution in [3.8, 4) is 0 Å². The lowest BCUT2D eigenvalue weighted by molar-refractivity contribution is -0.196. The van der Waals surface area contributed by atoms with Gasteiger partial charge in [-0.3, -0.25) is 4.79 Å². The zero-order valence-corrected chi connectivity index (χ0v) is 9.46. The summed E-state index contributed by atoms with van der Waals surface area (Å²) in [5.74, 6) is -0.0287. The van der Waals surface area contributed by atoms with E-state index in [1.54, 1.807) is 0 Å². The molecule has 1 atom stereocenters. The van der Waals surface area contributed by atoms with Crippen molar-refractivity contribution in [3.05, 3.63) is 0 Å². The van der Waals surface area contributed by atoms with Crippen LogP contribution in [-0.4, -0.2) is 23.3 Å². The average molecular weight is 200 g/mol. The molecule has 0 aromatic heterocycles. The van der Waals surface area contributed by atoms with E-state index in [0.717, 1.165) is 12.8 Å². The van der Waals surface area contributed by atoms with Gasteiger partial charge in [0.15, 0.2) is 0 Å². The topological polar surface area (TPSA) is 46.5 Å². The maximum absolute atomic E-state index is 11.7. The minimum Gasteiger partial charge on any atom is -0.456 e. The third-order valence-corrected chi connectivity index (χ3v) is 3.34. The molecule has 0 aromatic carbocycles. The summed E-state index contributed by atoms with van der Waals surface area (Å²) < 4.78 is 5.41. The lowest BCUT2D eigenvalue weighted by Gasteiger charge is -2.43. The van der Waals surface area contributed by atoms with Crippen LogP contribution in [-0.2, 0) is 9.53 Å². The van der Waals surface area contributed by atoms with E-state index >= 15 is 0 Å². The Kier molecular flexibility index (Phi) is 2.91. The second kappa shape index (κ2) is 3.54. The van der Waals surface area contributed by atoms with Gasteiger partial charge in [-0.05, 0) is 32.6 Å². The number of hydrogen-bond donors (Lipinski definition) is 1. The molecule has 1 saturated heterocycles. The number of rotatable bonds is 2. The van der Waals surface area contributed by atoms with Crippen LogP contribution >= 0.6 is 0 Å².